The lowest BCUT2D eigenvalue weighted by Gasteiger charge is -2.19. The summed E-state index contributed by atoms with van der Waals surface area (Å²) in [4.78, 5) is 28.2. The number of carbonyl (C=O) groups excluding carboxylic acids is 1. The van der Waals surface area contributed by atoms with E-state index in [0.29, 0.717) is 5.69 Å². The lowest BCUT2D eigenvalue weighted by molar-refractivity contribution is -0.121. The zero-order chi connectivity index (χ0) is 21.3. The van der Waals surface area contributed by atoms with E-state index in [1.165, 1.54) is 19.3 Å². The summed E-state index contributed by atoms with van der Waals surface area (Å²) in [5.74, 6) is -0.805. The summed E-state index contributed by atoms with van der Waals surface area (Å²) in [5, 5.41) is 2.80. The molecular weight excluding hydrogens is 444 g/mol. The number of halogens is 4. The molecule has 0 aliphatic rings. The van der Waals surface area contributed by atoms with Crippen LogP contribution in [-0.4, -0.2) is 29.1 Å². The first-order chi connectivity index (χ1) is 13.7. The summed E-state index contributed by atoms with van der Waals surface area (Å²) in [6.07, 6.45) is 1.40. The summed E-state index contributed by atoms with van der Waals surface area (Å²) >= 11 is 18.9. The van der Waals surface area contributed by atoms with Crippen LogP contribution in [0, 0.1) is 12.7 Å². The minimum absolute atomic E-state index is 0.00871. The molecular formula is C19H15Cl3FN3O3. The zero-order valence-corrected chi connectivity index (χ0v) is 17.6. The Labute approximate surface area is 180 Å². The first-order valence-electron chi connectivity index (χ1n) is 8.43. The number of rotatable bonds is 5. The maximum absolute atomic E-state index is 13.7. The van der Waals surface area contributed by atoms with Gasteiger partial charge in [-0.25, -0.2) is 9.37 Å². The number of hydrogen-bond acceptors (Lipinski definition) is 4. The third-order valence-corrected chi connectivity index (χ3v) is 5.04. The fourth-order valence-corrected chi connectivity index (χ4v) is 3.77. The molecule has 0 spiro atoms. The van der Waals surface area contributed by atoms with Crippen molar-refractivity contribution in [2.75, 3.05) is 13.7 Å². The Morgan fingerprint density at radius 2 is 1.86 bits per heavy atom. The van der Waals surface area contributed by atoms with Gasteiger partial charge in [0.15, 0.2) is 5.43 Å². The van der Waals surface area contributed by atoms with Crippen LogP contribution in [-0.2, 0) is 4.79 Å². The minimum atomic E-state index is -0.599. The second kappa shape index (κ2) is 8.57. The van der Waals surface area contributed by atoms with Crippen molar-refractivity contribution in [1.29, 1.82) is 0 Å². The van der Waals surface area contributed by atoms with E-state index < -0.39 is 5.82 Å². The lowest BCUT2D eigenvalue weighted by atomic mass is 10.2. The average Bonchev–Trinajstić information content (AvgIpc) is 2.64. The molecule has 2 aromatic heterocycles. The molecule has 0 atom stereocenters. The molecule has 0 aliphatic heterocycles. The second-order valence-electron chi connectivity index (χ2n) is 6.11. The Kier molecular flexibility index (Phi) is 6.31. The molecule has 3 rings (SSSR count). The summed E-state index contributed by atoms with van der Waals surface area (Å²) < 4.78 is 20.8. The predicted octanol–water partition coefficient (Wildman–Crippen LogP) is 4.31. The average molecular weight is 459 g/mol. The molecule has 0 fully saturated rings. The highest BCUT2D eigenvalue weighted by atomic mass is 35.5. The van der Waals surface area contributed by atoms with Crippen molar-refractivity contribution in [3.05, 3.63) is 61.2 Å². The first-order valence-corrected chi connectivity index (χ1v) is 9.57. The largest absolute Gasteiger partial charge is 0.477 e. The highest BCUT2D eigenvalue weighted by molar-refractivity contribution is 6.38. The molecule has 0 aliphatic carbocycles. The monoisotopic (exact) mass is 457 g/mol. The highest BCUT2D eigenvalue weighted by Gasteiger charge is 2.21. The summed E-state index contributed by atoms with van der Waals surface area (Å²) in [7, 11) is 1.51. The van der Waals surface area contributed by atoms with Crippen LogP contribution in [0.3, 0.4) is 0 Å². The van der Waals surface area contributed by atoms with Gasteiger partial charge < -0.3 is 14.6 Å². The molecule has 0 radical (unpaired) electrons. The molecule has 0 saturated heterocycles. The number of aromatic nitrogens is 2. The van der Waals surface area contributed by atoms with Crippen molar-refractivity contribution in [1.82, 2.24) is 14.9 Å². The van der Waals surface area contributed by atoms with Gasteiger partial charge in [-0.3, -0.25) is 9.59 Å². The van der Waals surface area contributed by atoms with Gasteiger partial charge in [0.25, 0.3) is 0 Å². The number of ether oxygens (including phenoxy) is 1. The van der Waals surface area contributed by atoms with Gasteiger partial charge in [-0.05, 0) is 19.1 Å². The number of nitrogens with one attached hydrogen (secondary N) is 1. The maximum atomic E-state index is 13.7. The van der Waals surface area contributed by atoms with Crippen LogP contribution in [0.5, 0.6) is 5.88 Å². The SMILES string of the molecule is CNC(=O)CCOc1ncc(Cl)c2c1c(=O)cc(C)n2-c1c(Cl)cc(F)cc1Cl. The molecule has 1 aromatic carbocycles. The van der Waals surface area contributed by atoms with Crippen molar-refractivity contribution >= 4 is 51.6 Å². The number of carbonyl (C=O) groups is 1. The normalized spacial score (nSPS) is 11.0. The molecule has 29 heavy (non-hydrogen) atoms. The van der Waals surface area contributed by atoms with E-state index in [4.69, 9.17) is 39.5 Å². The Hall–Kier alpha value is -2.35. The fraction of sp³-hybridized carbons (Fsp3) is 0.211. The molecule has 6 nitrogen and oxygen atoms in total. The Morgan fingerprint density at radius 1 is 1.21 bits per heavy atom. The van der Waals surface area contributed by atoms with E-state index >= 15 is 0 Å². The third-order valence-electron chi connectivity index (χ3n) is 4.19. The van der Waals surface area contributed by atoms with E-state index in [9.17, 15) is 14.0 Å². The van der Waals surface area contributed by atoms with Crippen molar-refractivity contribution in [3.63, 3.8) is 0 Å². The van der Waals surface area contributed by atoms with Crippen LogP contribution < -0.4 is 15.5 Å². The van der Waals surface area contributed by atoms with Crippen LogP contribution in [0.15, 0.2) is 29.2 Å². The summed E-state index contributed by atoms with van der Waals surface area (Å²) in [6, 6.07) is 3.58. The standard InChI is InChI=1S/C19H15Cl3FN3O3/c1-9-5-14(27)16-18(26(9)17-11(20)6-10(23)7-12(17)21)13(22)8-25-19(16)29-4-3-15(28)24-2/h5-8H,3-4H2,1-2H3,(H,24,28). The molecule has 10 heteroatoms. The maximum Gasteiger partial charge on any atom is 0.227 e. The van der Waals surface area contributed by atoms with Crippen LogP contribution in [0.1, 0.15) is 12.1 Å². The van der Waals surface area contributed by atoms with Crippen molar-refractivity contribution in [3.8, 4) is 11.6 Å². The van der Waals surface area contributed by atoms with Crippen LogP contribution in [0.4, 0.5) is 4.39 Å². The topological polar surface area (TPSA) is 73.2 Å². The Bertz CT molecular complexity index is 1160. The van der Waals surface area contributed by atoms with Gasteiger partial charge in [0, 0.05) is 18.8 Å². The van der Waals surface area contributed by atoms with Gasteiger partial charge in [-0.1, -0.05) is 34.8 Å². The number of aryl methyl sites for hydroxylation is 1. The van der Waals surface area contributed by atoms with E-state index in [-0.39, 0.29) is 61.9 Å². The van der Waals surface area contributed by atoms with Crippen molar-refractivity contribution in [2.45, 2.75) is 13.3 Å². The Balaban J connectivity index is 2.27. The molecule has 2 heterocycles. The number of amides is 1. The number of pyridine rings is 2. The van der Waals surface area contributed by atoms with E-state index in [0.717, 1.165) is 12.1 Å². The molecule has 0 unspecified atom stereocenters. The van der Waals surface area contributed by atoms with Crippen molar-refractivity contribution in [2.24, 2.45) is 0 Å². The van der Waals surface area contributed by atoms with Crippen LogP contribution >= 0.6 is 34.8 Å². The smallest absolute Gasteiger partial charge is 0.227 e. The predicted molar refractivity (Wildman–Crippen MR) is 111 cm³/mol. The molecule has 152 valence electrons. The lowest BCUT2D eigenvalue weighted by Crippen LogP contribution is -2.20. The van der Waals surface area contributed by atoms with Gasteiger partial charge in [-0.2, -0.15) is 0 Å². The quantitative estimate of drug-likeness (QED) is 0.618. The van der Waals surface area contributed by atoms with Crippen molar-refractivity contribution < 1.29 is 13.9 Å². The van der Waals surface area contributed by atoms with Crippen LogP contribution in [0.2, 0.25) is 15.1 Å². The summed E-state index contributed by atoms with van der Waals surface area (Å²) in [5.41, 5.74) is 0.619. The molecule has 1 amide bonds. The molecule has 1 N–H and O–H groups in total. The summed E-state index contributed by atoms with van der Waals surface area (Å²) in [6.45, 7) is 1.68. The fourth-order valence-electron chi connectivity index (χ4n) is 2.92. The van der Waals surface area contributed by atoms with Crippen LogP contribution in [0.25, 0.3) is 16.6 Å². The first kappa shape index (κ1) is 21.4. The van der Waals surface area contributed by atoms with Gasteiger partial charge in [0.2, 0.25) is 11.8 Å². The van der Waals surface area contributed by atoms with Gasteiger partial charge in [-0.15, -0.1) is 0 Å². The third kappa shape index (κ3) is 4.17. The minimum Gasteiger partial charge on any atom is -0.477 e. The van der Waals surface area contributed by atoms with E-state index in [1.807, 2.05) is 0 Å². The second-order valence-corrected chi connectivity index (χ2v) is 7.33. The van der Waals surface area contributed by atoms with Gasteiger partial charge in [0.1, 0.15) is 11.2 Å². The number of benzene rings is 1. The molecule has 3 aromatic rings. The number of nitrogens with zero attached hydrogens (tertiary/aromatic N) is 2. The zero-order valence-electron chi connectivity index (χ0n) is 15.4. The molecule has 0 bridgehead atoms. The molecule has 0 saturated carbocycles. The Morgan fingerprint density at radius 3 is 2.48 bits per heavy atom. The number of hydrogen-bond donors (Lipinski definition) is 1. The van der Waals surface area contributed by atoms with E-state index in [2.05, 4.69) is 10.3 Å². The van der Waals surface area contributed by atoms with E-state index in [1.54, 1.807) is 11.5 Å². The van der Waals surface area contributed by atoms with Gasteiger partial charge >= 0.3 is 0 Å². The highest BCUT2D eigenvalue weighted by Crippen LogP contribution is 2.36. The number of fused-ring (bicyclic) bond motifs is 1. The van der Waals surface area contributed by atoms with Gasteiger partial charge in [0.05, 0.1) is 45.5 Å².